The molecule has 94 valence electrons. The van der Waals surface area contributed by atoms with Crippen molar-refractivity contribution in [1.29, 1.82) is 0 Å². The Labute approximate surface area is 110 Å². The van der Waals surface area contributed by atoms with Crippen molar-refractivity contribution in [3.8, 4) is 0 Å². The summed E-state index contributed by atoms with van der Waals surface area (Å²) < 4.78 is 0. The van der Waals surface area contributed by atoms with Crippen molar-refractivity contribution in [3.05, 3.63) is 15.8 Å². The van der Waals surface area contributed by atoms with Crippen LogP contribution in [0.1, 0.15) is 28.4 Å². The summed E-state index contributed by atoms with van der Waals surface area (Å²) in [7, 11) is 0. The maximum atomic E-state index is 12.3. The lowest BCUT2D eigenvalue weighted by atomic mass is 10.3. The molecule has 0 spiro atoms. The van der Waals surface area contributed by atoms with E-state index >= 15 is 0 Å². The predicted molar refractivity (Wildman–Crippen MR) is 75.9 cm³/mol. The normalized spacial score (nSPS) is 25.0. The van der Waals surface area contributed by atoms with E-state index in [0.717, 1.165) is 28.5 Å². The summed E-state index contributed by atoms with van der Waals surface area (Å²) in [5.74, 6) is 0.133. The molecule has 1 aromatic rings. The second-order valence-corrected chi connectivity index (χ2v) is 7.73. The number of nitrogen functional groups attached to an aromatic ring is 1. The molecule has 1 aliphatic heterocycles. The van der Waals surface area contributed by atoms with Gasteiger partial charge in [0, 0.05) is 34.2 Å². The number of amides is 1. The number of carbonyl (C=O) groups is 1. The van der Waals surface area contributed by atoms with E-state index < -0.39 is 0 Å². The monoisotopic (exact) mass is 270 g/mol. The molecule has 3 nitrogen and oxygen atoms in total. The van der Waals surface area contributed by atoms with E-state index in [1.54, 1.807) is 6.07 Å². The number of thioether (sulfide) groups is 1. The van der Waals surface area contributed by atoms with E-state index in [2.05, 4.69) is 13.8 Å². The lowest BCUT2D eigenvalue weighted by Crippen LogP contribution is -2.43. The van der Waals surface area contributed by atoms with Crippen LogP contribution in [0.25, 0.3) is 0 Å². The molecular formula is C12H18N2OS2. The fourth-order valence-electron chi connectivity index (χ4n) is 2.10. The zero-order chi connectivity index (χ0) is 12.6. The van der Waals surface area contributed by atoms with Gasteiger partial charge in [-0.15, -0.1) is 11.3 Å². The highest BCUT2D eigenvalue weighted by atomic mass is 32.2. The van der Waals surface area contributed by atoms with Gasteiger partial charge in [0.1, 0.15) is 0 Å². The first-order valence-corrected chi connectivity index (χ1v) is 7.54. The van der Waals surface area contributed by atoms with Crippen molar-refractivity contribution < 1.29 is 4.79 Å². The van der Waals surface area contributed by atoms with E-state index in [1.807, 2.05) is 23.6 Å². The number of aryl methyl sites for hydroxylation is 1. The van der Waals surface area contributed by atoms with Crippen LogP contribution < -0.4 is 5.73 Å². The standard InChI is InChI=1S/C12H18N2OS2/c1-7-5-14(6-8(2)16-7)12(15)11-4-10(13)9(3)17-11/h4,7-8H,5-6,13H2,1-3H3. The number of thiophene rings is 1. The van der Waals surface area contributed by atoms with Crippen LogP contribution in [-0.4, -0.2) is 34.4 Å². The average molecular weight is 270 g/mol. The summed E-state index contributed by atoms with van der Waals surface area (Å²) in [4.78, 5) is 16.1. The van der Waals surface area contributed by atoms with Gasteiger partial charge in [0.05, 0.1) is 4.88 Å². The number of nitrogens with two attached hydrogens (primary N) is 1. The van der Waals surface area contributed by atoms with Gasteiger partial charge >= 0.3 is 0 Å². The van der Waals surface area contributed by atoms with E-state index in [0.29, 0.717) is 10.5 Å². The van der Waals surface area contributed by atoms with Crippen LogP contribution in [0.4, 0.5) is 5.69 Å². The highest BCUT2D eigenvalue weighted by Crippen LogP contribution is 2.29. The van der Waals surface area contributed by atoms with Gasteiger partial charge in [0.15, 0.2) is 0 Å². The molecular weight excluding hydrogens is 252 g/mol. The van der Waals surface area contributed by atoms with Crippen LogP contribution in [0.15, 0.2) is 6.07 Å². The summed E-state index contributed by atoms with van der Waals surface area (Å²) >= 11 is 3.45. The third-order valence-corrected chi connectivity index (χ3v) is 5.16. The molecule has 0 aliphatic carbocycles. The molecule has 0 aromatic carbocycles. The Morgan fingerprint density at radius 1 is 1.41 bits per heavy atom. The highest BCUT2D eigenvalue weighted by Gasteiger charge is 2.27. The van der Waals surface area contributed by atoms with Gasteiger partial charge in [-0.2, -0.15) is 11.8 Å². The number of carbonyl (C=O) groups excluding carboxylic acids is 1. The highest BCUT2D eigenvalue weighted by molar-refractivity contribution is 8.00. The second-order valence-electron chi connectivity index (χ2n) is 4.59. The van der Waals surface area contributed by atoms with Crippen LogP contribution >= 0.6 is 23.1 Å². The molecule has 0 bridgehead atoms. The molecule has 0 radical (unpaired) electrons. The van der Waals surface area contributed by atoms with Gasteiger partial charge < -0.3 is 10.6 Å². The molecule has 0 saturated carbocycles. The Balaban J connectivity index is 2.14. The van der Waals surface area contributed by atoms with Crippen molar-refractivity contribution in [2.45, 2.75) is 31.3 Å². The fourth-order valence-corrected chi connectivity index (χ4v) is 4.34. The first-order chi connectivity index (χ1) is 7.97. The summed E-state index contributed by atoms with van der Waals surface area (Å²) in [6.07, 6.45) is 0. The summed E-state index contributed by atoms with van der Waals surface area (Å²) in [5, 5.41) is 1.03. The van der Waals surface area contributed by atoms with Crippen molar-refractivity contribution in [3.63, 3.8) is 0 Å². The zero-order valence-electron chi connectivity index (χ0n) is 10.4. The van der Waals surface area contributed by atoms with Crippen LogP contribution in [-0.2, 0) is 0 Å². The zero-order valence-corrected chi connectivity index (χ0v) is 12.0. The van der Waals surface area contributed by atoms with E-state index in [1.165, 1.54) is 11.3 Å². The van der Waals surface area contributed by atoms with Gasteiger partial charge in [0.25, 0.3) is 5.91 Å². The smallest absolute Gasteiger partial charge is 0.264 e. The minimum absolute atomic E-state index is 0.133. The third-order valence-electron chi connectivity index (χ3n) is 2.87. The molecule has 2 rings (SSSR count). The molecule has 1 fully saturated rings. The summed E-state index contributed by atoms with van der Waals surface area (Å²) in [6.45, 7) is 7.98. The van der Waals surface area contributed by atoms with Crippen LogP contribution in [0.5, 0.6) is 0 Å². The quantitative estimate of drug-likeness (QED) is 0.853. The number of anilines is 1. The maximum absolute atomic E-state index is 12.3. The Bertz CT molecular complexity index is 401. The number of rotatable bonds is 1. The van der Waals surface area contributed by atoms with Crippen molar-refractivity contribution in [2.24, 2.45) is 0 Å². The third kappa shape index (κ3) is 2.77. The molecule has 2 unspecified atom stereocenters. The van der Waals surface area contributed by atoms with E-state index in [9.17, 15) is 4.79 Å². The molecule has 2 atom stereocenters. The first kappa shape index (κ1) is 12.8. The molecule has 2 N–H and O–H groups in total. The number of nitrogens with zero attached hydrogens (tertiary/aromatic N) is 1. The largest absolute Gasteiger partial charge is 0.398 e. The second kappa shape index (κ2) is 4.90. The fraction of sp³-hybridized carbons (Fsp3) is 0.583. The molecule has 1 amide bonds. The van der Waals surface area contributed by atoms with E-state index in [4.69, 9.17) is 5.73 Å². The molecule has 1 aliphatic rings. The van der Waals surface area contributed by atoms with Crippen LogP contribution in [0.3, 0.4) is 0 Å². The summed E-state index contributed by atoms with van der Waals surface area (Å²) in [5.41, 5.74) is 6.53. The molecule has 17 heavy (non-hydrogen) atoms. The van der Waals surface area contributed by atoms with Gasteiger partial charge in [-0.05, 0) is 13.0 Å². The Morgan fingerprint density at radius 3 is 2.47 bits per heavy atom. The summed E-state index contributed by atoms with van der Waals surface area (Å²) in [6, 6.07) is 1.80. The topological polar surface area (TPSA) is 46.3 Å². The molecule has 5 heteroatoms. The van der Waals surface area contributed by atoms with Gasteiger partial charge in [0.2, 0.25) is 0 Å². The van der Waals surface area contributed by atoms with E-state index in [-0.39, 0.29) is 5.91 Å². The predicted octanol–water partition coefficient (Wildman–Crippen LogP) is 2.60. The van der Waals surface area contributed by atoms with Crippen LogP contribution in [0.2, 0.25) is 0 Å². The van der Waals surface area contributed by atoms with Gasteiger partial charge in [-0.1, -0.05) is 13.8 Å². The number of hydrogen-bond acceptors (Lipinski definition) is 4. The lowest BCUT2D eigenvalue weighted by molar-refractivity contribution is 0.0758. The first-order valence-electron chi connectivity index (χ1n) is 5.78. The number of hydrogen-bond donors (Lipinski definition) is 1. The van der Waals surface area contributed by atoms with Crippen molar-refractivity contribution in [2.75, 3.05) is 18.8 Å². The lowest BCUT2D eigenvalue weighted by Gasteiger charge is -2.34. The minimum Gasteiger partial charge on any atom is -0.398 e. The Hall–Kier alpha value is -0.680. The Kier molecular flexibility index (Phi) is 3.68. The van der Waals surface area contributed by atoms with Crippen molar-refractivity contribution >= 4 is 34.7 Å². The van der Waals surface area contributed by atoms with Gasteiger partial charge in [-0.3, -0.25) is 4.79 Å². The van der Waals surface area contributed by atoms with Gasteiger partial charge in [-0.25, -0.2) is 0 Å². The minimum atomic E-state index is 0.133. The Morgan fingerprint density at radius 2 is 2.00 bits per heavy atom. The SMILES string of the molecule is Cc1sc(C(=O)N2CC(C)SC(C)C2)cc1N. The van der Waals surface area contributed by atoms with Crippen LogP contribution in [0, 0.1) is 6.92 Å². The maximum Gasteiger partial charge on any atom is 0.264 e. The van der Waals surface area contributed by atoms with Crippen molar-refractivity contribution in [1.82, 2.24) is 4.90 Å². The molecule has 1 saturated heterocycles. The molecule has 2 heterocycles. The molecule has 1 aromatic heterocycles. The average Bonchev–Trinajstić information content (AvgIpc) is 2.57.